The summed E-state index contributed by atoms with van der Waals surface area (Å²) >= 11 is 1.52. The average Bonchev–Trinajstić information content (AvgIpc) is 2.47. The highest BCUT2D eigenvalue weighted by molar-refractivity contribution is 8.00. The van der Waals surface area contributed by atoms with Crippen LogP contribution in [0.2, 0.25) is 0 Å². The van der Waals surface area contributed by atoms with Gasteiger partial charge in [-0.15, -0.1) is 24.2 Å². The van der Waals surface area contributed by atoms with E-state index < -0.39 is 0 Å². The van der Waals surface area contributed by atoms with Crippen molar-refractivity contribution < 1.29 is 9.59 Å². The third kappa shape index (κ3) is 3.90. The number of fused-ring (bicyclic) bond motifs is 1. The molecule has 3 N–H and O–H groups in total. The third-order valence-electron chi connectivity index (χ3n) is 3.55. The zero-order chi connectivity index (χ0) is 13.9. The van der Waals surface area contributed by atoms with Crippen molar-refractivity contribution in [2.24, 2.45) is 5.92 Å². The maximum absolute atomic E-state index is 12.2. The predicted octanol–water partition coefficient (Wildman–Crippen LogP) is 2.09. The molecule has 2 aliphatic heterocycles. The molecule has 0 aromatic heterocycles. The molecule has 0 saturated carbocycles. The third-order valence-corrected chi connectivity index (χ3v) is 4.62. The van der Waals surface area contributed by atoms with Crippen LogP contribution >= 0.6 is 24.2 Å². The summed E-state index contributed by atoms with van der Waals surface area (Å²) in [6, 6.07) is 5.65. The largest absolute Gasteiger partial charge is 0.326 e. The molecule has 0 spiro atoms. The van der Waals surface area contributed by atoms with Gasteiger partial charge in [-0.05, 0) is 37.6 Å². The lowest BCUT2D eigenvalue weighted by molar-refractivity contribution is -0.120. The highest BCUT2D eigenvalue weighted by Crippen LogP contribution is 2.33. The average molecular weight is 328 g/mol. The maximum atomic E-state index is 12.2. The van der Waals surface area contributed by atoms with Gasteiger partial charge in [0.25, 0.3) is 0 Å². The number of halogens is 1. The van der Waals surface area contributed by atoms with E-state index in [4.69, 9.17) is 0 Å². The zero-order valence-corrected chi connectivity index (χ0v) is 13.1. The van der Waals surface area contributed by atoms with Crippen LogP contribution in [0.4, 0.5) is 11.4 Å². The second-order valence-electron chi connectivity index (χ2n) is 5.08. The highest BCUT2D eigenvalue weighted by Gasteiger charge is 2.21. The highest BCUT2D eigenvalue weighted by atomic mass is 35.5. The van der Waals surface area contributed by atoms with Gasteiger partial charge in [-0.1, -0.05) is 0 Å². The minimum Gasteiger partial charge on any atom is -0.326 e. The van der Waals surface area contributed by atoms with E-state index in [1.807, 2.05) is 18.2 Å². The summed E-state index contributed by atoms with van der Waals surface area (Å²) in [5, 5.41) is 9.00. The van der Waals surface area contributed by atoms with Crippen molar-refractivity contribution in [3.05, 3.63) is 18.2 Å². The lowest BCUT2D eigenvalue weighted by atomic mass is 9.99. The first-order valence-corrected chi connectivity index (χ1v) is 7.79. The molecule has 0 radical (unpaired) electrons. The van der Waals surface area contributed by atoms with E-state index in [0.29, 0.717) is 5.75 Å². The molecule has 5 nitrogen and oxygen atoms in total. The Morgan fingerprint density at radius 3 is 3.00 bits per heavy atom. The van der Waals surface area contributed by atoms with E-state index >= 15 is 0 Å². The minimum atomic E-state index is 0. The first-order valence-electron chi connectivity index (χ1n) is 6.80. The Kier molecular flexibility index (Phi) is 5.50. The van der Waals surface area contributed by atoms with Crippen LogP contribution in [0.1, 0.15) is 12.8 Å². The summed E-state index contributed by atoms with van der Waals surface area (Å²) in [4.78, 5) is 24.6. The van der Waals surface area contributed by atoms with Crippen LogP contribution in [0.15, 0.2) is 23.1 Å². The number of amides is 2. The van der Waals surface area contributed by atoms with Crippen LogP contribution in [0.5, 0.6) is 0 Å². The Morgan fingerprint density at radius 2 is 2.24 bits per heavy atom. The molecule has 21 heavy (non-hydrogen) atoms. The molecular formula is C14H18ClN3O2S. The number of hydrogen-bond acceptors (Lipinski definition) is 4. The molecule has 2 heterocycles. The lowest BCUT2D eigenvalue weighted by Gasteiger charge is -2.22. The number of carbonyl (C=O) groups is 2. The van der Waals surface area contributed by atoms with Crippen molar-refractivity contribution in [3.63, 3.8) is 0 Å². The van der Waals surface area contributed by atoms with E-state index in [0.717, 1.165) is 42.2 Å². The molecule has 7 heteroatoms. The predicted molar refractivity (Wildman–Crippen MR) is 87.3 cm³/mol. The summed E-state index contributed by atoms with van der Waals surface area (Å²) in [7, 11) is 0. The van der Waals surface area contributed by atoms with Crippen molar-refractivity contribution in [2.75, 3.05) is 29.5 Å². The molecule has 2 aliphatic rings. The van der Waals surface area contributed by atoms with Gasteiger partial charge in [0, 0.05) is 17.1 Å². The first-order chi connectivity index (χ1) is 9.72. The number of piperidine rings is 1. The summed E-state index contributed by atoms with van der Waals surface area (Å²) in [5.74, 6) is 0.532. The Labute approximate surface area is 134 Å². The Morgan fingerprint density at radius 1 is 1.38 bits per heavy atom. The number of thioether (sulfide) groups is 1. The second-order valence-corrected chi connectivity index (χ2v) is 6.10. The van der Waals surface area contributed by atoms with Gasteiger partial charge in [-0.25, -0.2) is 0 Å². The van der Waals surface area contributed by atoms with Crippen LogP contribution in [0.3, 0.4) is 0 Å². The molecule has 114 valence electrons. The first kappa shape index (κ1) is 16.1. The summed E-state index contributed by atoms with van der Waals surface area (Å²) < 4.78 is 0. The smallest absolute Gasteiger partial charge is 0.234 e. The maximum Gasteiger partial charge on any atom is 0.234 e. The Bertz CT molecular complexity index is 547. The van der Waals surface area contributed by atoms with Gasteiger partial charge in [0.1, 0.15) is 0 Å². The van der Waals surface area contributed by atoms with Crippen LogP contribution < -0.4 is 16.0 Å². The normalized spacial score (nSPS) is 20.8. The van der Waals surface area contributed by atoms with Crippen LogP contribution in [-0.4, -0.2) is 30.7 Å². The van der Waals surface area contributed by atoms with Gasteiger partial charge in [-0.3, -0.25) is 9.59 Å². The van der Waals surface area contributed by atoms with E-state index in [-0.39, 0.29) is 30.1 Å². The number of benzene rings is 1. The molecule has 1 saturated heterocycles. The van der Waals surface area contributed by atoms with Gasteiger partial charge in [0.15, 0.2) is 0 Å². The minimum absolute atomic E-state index is 0. The van der Waals surface area contributed by atoms with Gasteiger partial charge in [-0.2, -0.15) is 0 Å². The number of rotatable bonds is 2. The topological polar surface area (TPSA) is 70.2 Å². The van der Waals surface area contributed by atoms with Crippen molar-refractivity contribution >= 4 is 47.4 Å². The number of hydrogen-bond donors (Lipinski definition) is 3. The molecule has 1 fully saturated rings. The van der Waals surface area contributed by atoms with Crippen molar-refractivity contribution in [3.8, 4) is 0 Å². The Balaban J connectivity index is 0.00000161. The van der Waals surface area contributed by atoms with Crippen molar-refractivity contribution in [2.45, 2.75) is 17.7 Å². The van der Waals surface area contributed by atoms with E-state index in [9.17, 15) is 9.59 Å². The SMILES string of the molecule is Cl.O=C1CSc2ccc(NC(=O)C3CCCNC3)cc2N1. The van der Waals surface area contributed by atoms with E-state index in [2.05, 4.69) is 16.0 Å². The molecular weight excluding hydrogens is 310 g/mol. The quantitative estimate of drug-likeness (QED) is 0.778. The van der Waals surface area contributed by atoms with Gasteiger partial charge < -0.3 is 16.0 Å². The number of nitrogens with one attached hydrogen (secondary N) is 3. The fraction of sp³-hybridized carbons (Fsp3) is 0.429. The zero-order valence-electron chi connectivity index (χ0n) is 11.5. The lowest BCUT2D eigenvalue weighted by Crippen LogP contribution is -2.37. The fourth-order valence-electron chi connectivity index (χ4n) is 2.48. The van der Waals surface area contributed by atoms with E-state index in [1.165, 1.54) is 11.8 Å². The summed E-state index contributed by atoms with van der Waals surface area (Å²) in [6.45, 7) is 1.73. The number of carbonyl (C=O) groups excluding carboxylic acids is 2. The fourth-order valence-corrected chi connectivity index (χ4v) is 3.27. The molecule has 3 rings (SSSR count). The van der Waals surface area contributed by atoms with Crippen LogP contribution in [0.25, 0.3) is 0 Å². The van der Waals surface area contributed by atoms with Gasteiger partial charge in [0.2, 0.25) is 11.8 Å². The summed E-state index contributed by atoms with van der Waals surface area (Å²) in [6.07, 6.45) is 1.96. The molecule has 0 bridgehead atoms. The Hall–Kier alpha value is -1.24. The molecule has 0 aliphatic carbocycles. The molecule has 1 atom stereocenters. The molecule has 1 unspecified atom stereocenters. The van der Waals surface area contributed by atoms with Gasteiger partial charge in [0.05, 0.1) is 17.4 Å². The molecule has 1 aromatic rings. The van der Waals surface area contributed by atoms with Crippen molar-refractivity contribution in [1.82, 2.24) is 5.32 Å². The van der Waals surface area contributed by atoms with Crippen LogP contribution in [-0.2, 0) is 9.59 Å². The number of anilines is 2. The van der Waals surface area contributed by atoms with Crippen molar-refractivity contribution in [1.29, 1.82) is 0 Å². The monoisotopic (exact) mass is 327 g/mol. The van der Waals surface area contributed by atoms with Gasteiger partial charge >= 0.3 is 0 Å². The van der Waals surface area contributed by atoms with E-state index in [1.54, 1.807) is 0 Å². The second kappa shape index (κ2) is 7.15. The summed E-state index contributed by atoms with van der Waals surface area (Å²) in [5.41, 5.74) is 1.52. The standard InChI is InChI=1S/C14H17N3O2S.ClH/c18-13-8-20-12-4-3-10(6-11(12)17-13)16-14(19)9-2-1-5-15-7-9;/h3-4,6,9,15H,1-2,5,7-8H2,(H,16,19)(H,17,18);1H. The van der Waals surface area contributed by atoms with Crippen LogP contribution in [0, 0.1) is 5.92 Å². The molecule has 1 aromatic carbocycles. The molecule has 2 amide bonds.